The lowest BCUT2D eigenvalue weighted by Crippen LogP contribution is -2.24. The van der Waals surface area contributed by atoms with E-state index in [4.69, 9.17) is 0 Å². The predicted molar refractivity (Wildman–Crippen MR) is 54.9 cm³/mol. The highest BCUT2D eigenvalue weighted by Gasteiger charge is 2.31. The minimum absolute atomic E-state index is 0.0643. The number of phenolic OH excluding ortho intramolecular Hbond substituents is 1. The van der Waals surface area contributed by atoms with Crippen LogP contribution in [0, 0.1) is 5.82 Å². The highest BCUT2D eigenvalue weighted by atomic mass is 19.1. The number of benzene rings is 1. The lowest BCUT2D eigenvalue weighted by molar-refractivity contribution is 0.0844. The van der Waals surface area contributed by atoms with Crippen LogP contribution < -0.4 is 0 Å². The van der Waals surface area contributed by atoms with Crippen LogP contribution in [0.5, 0.6) is 5.75 Å². The molecular weight excluding hydrogens is 195 g/mol. The van der Waals surface area contributed by atoms with Gasteiger partial charge in [-0.25, -0.2) is 4.39 Å². The minimum atomic E-state index is -1.44. The normalized spacial score (nSPS) is 24.4. The van der Waals surface area contributed by atoms with Gasteiger partial charge in [-0.2, -0.15) is 0 Å². The summed E-state index contributed by atoms with van der Waals surface area (Å²) < 4.78 is 13.5. The molecule has 2 nitrogen and oxygen atoms in total. The third-order valence-corrected chi connectivity index (χ3v) is 2.47. The highest BCUT2D eigenvalue weighted by molar-refractivity contribution is 5.42. The molecule has 0 fully saturated rings. The van der Waals surface area contributed by atoms with Gasteiger partial charge < -0.3 is 10.2 Å². The summed E-state index contributed by atoms with van der Waals surface area (Å²) in [6.07, 6.45) is 6.87. The fourth-order valence-corrected chi connectivity index (χ4v) is 1.74. The maximum atomic E-state index is 13.5. The molecule has 1 atom stereocenters. The molecule has 1 aromatic carbocycles. The molecule has 3 heteroatoms. The number of halogens is 1. The first kappa shape index (κ1) is 9.93. The Morgan fingerprint density at radius 3 is 2.67 bits per heavy atom. The van der Waals surface area contributed by atoms with E-state index in [1.54, 1.807) is 18.2 Å². The molecule has 1 aliphatic rings. The first-order chi connectivity index (χ1) is 7.13. The van der Waals surface area contributed by atoms with Gasteiger partial charge in [0.2, 0.25) is 0 Å². The Hall–Kier alpha value is -1.61. The second kappa shape index (κ2) is 3.51. The van der Waals surface area contributed by atoms with Gasteiger partial charge in [-0.3, -0.25) is 0 Å². The molecule has 0 amide bonds. The molecule has 1 unspecified atom stereocenters. The van der Waals surface area contributed by atoms with Crippen molar-refractivity contribution >= 4 is 0 Å². The van der Waals surface area contributed by atoms with E-state index in [1.165, 1.54) is 24.3 Å². The second-order valence-electron chi connectivity index (χ2n) is 3.55. The largest absolute Gasteiger partial charge is 0.507 e. The SMILES string of the molecule is Oc1cccc(F)c1C1(O)C=CC=CC1. The predicted octanol–water partition coefficient (Wildman–Crippen LogP) is 2.23. The Balaban J connectivity index is 2.53. The number of allylic oxidation sites excluding steroid dienone is 2. The Kier molecular flexibility index (Phi) is 2.32. The summed E-state index contributed by atoms with van der Waals surface area (Å²) in [6.45, 7) is 0. The van der Waals surface area contributed by atoms with E-state index in [2.05, 4.69) is 0 Å². The molecule has 78 valence electrons. The lowest BCUT2D eigenvalue weighted by Gasteiger charge is -2.26. The number of aliphatic hydroxyl groups is 1. The van der Waals surface area contributed by atoms with Crippen LogP contribution in [0.1, 0.15) is 12.0 Å². The summed E-state index contributed by atoms with van der Waals surface area (Å²) in [5.41, 5.74) is -1.50. The molecule has 1 aromatic rings. The van der Waals surface area contributed by atoms with E-state index >= 15 is 0 Å². The monoisotopic (exact) mass is 206 g/mol. The van der Waals surface area contributed by atoms with Crippen molar-refractivity contribution in [3.63, 3.8) is 0 Å². The molecular formula is C12H11FO2. The van der Waals surface area contributed by atoms with Crippen molar-refractivity contribution in [2.75, 3.05) is 0 Å². The molecule has 0 saturated carbocycles. The minimum Gasteiger partial charge on any atom is -0.507 e. The molecule has 0 bridgehead atoms. The summed E-state index contributed by atoms with van der Waals surface area (Å²) >= 11 is 0. The van der Waals surface area contributed by atoms with E-state index < -0.39 is 11.4 Å². The summed E-state index contributed by atoms with van der Waals surface area (Å²) in [6, 6.07) is 3.99. The number of hydrogen-bond donors (Lipinski definition) is 2. The topological polar surface area (TPSA) is 40.5 Å². The smallest absolute Gasteiger partial charge is 0.133 e. The van der Waals surface area contributed by atoms with E-state index in [0.29, 0.717) is 0 Å². The number of rotatable bonds is 1. The standard InChI is InChI=1S/C12H11FO2/c13-9-5-4-6-10(14)11(9)12(15)7-2-1-3-8-12/h1-7,14-15H,8H2. The average molecular weight is 206 g/mol. The van der Waals surface area contributed by atoms with Crippen molar-refractivity contribution in [1.29, 1.82) is 0 Å². The zero-order chi connectivity index (χ0) is 10.9. The molecule has 0 spiro atoms. The van der Waals surface area contributed by atoms with Crippen LogP contribution in [0.4, 0.5) is 4.39 Å². The number of phenols is 1. The Labute approximate surface area is 87.0 Å². The summed E-state index contributed by atoms with van der Waals surface area (Å²) in [5, 5.41) is 19.7. The van der Waals surface area contributed by atoms with Gasteiger partial charge in [0.15, 0.2) is 0 Å². The van der Waals surface area contributed by atoms with Gasteiger partial charge in [-0.15, -0.1) is 0 Å². The Morgan fingerprint density at radius 2 is 2.07 bits per heavy atom. The Morgan fingerprint density at radius 1 is 1.27 bits per heavy atom. The third-order valence-electron chi connectivity index (χ3n) is 2.47. The zero-order valence-corrected chi connectivity index (χ0v) is 8.02. The van der Waals surface area contributed by atoms with Crippen LogP contribution >= 0.6 is 0 Å². The van der Waals surface area contributed by atoms with Crippen molar-refractivity contribution in [2.24, 2.45) is 0 Å². The first-order valence-electron chi connectivity index (χ1n) is 4.68. The summed E-state index contributed by atoms with van der Waals surface area (Å²) in [4.78, 5) is 0. The highest BCUT2D eigenvalue weighted by Crippen LogP contribution is 2.36. The number of aromatic hydroxyl groups is 1. The molecule has 2 N–H and O–H groups in total. The maximum absolute atomic E-state index is 13.5. The van der Waals surface area contributed by atoms with Crippen LogP contribution in [0.3, 0.4) is 0 Å². The fraction of sp³-hybridized carbons (Fsp3) is 0.167. The van der Waals surface area contributed by atoms with Gasteiger partial charge in [0.05, 0.1) is 5.56 Å². The molecule has 0 heterocycles. The van der Waals surface area contributed by atoms with Gasteiger partial charge in [0, 0.05) is 6.42 Å². The number of hydrogen-bond acceptors (Lipinski definition) is 2. The van der Waals surface area contributed by atoms with Gasteiger partial charge in [0.25, 0.3) is 0 Å². The van der Waals surface area contributed by atoms with Crippen LogP contribution in [-0.4, -0.2) is 10.2 Å². The Bertz CT molecular complexity index is 417. The van der Waals surface area contributed by atoms with E-state index in [9.17, 15) is 14.6 Å². The van der Waals surface area contributed by atoms with E-state index in [0.717, 1.165) is 0 Å². The zero-order valence-electron chi connectivity index (χ0n) is 8.02. The van der Waals surface area contributed by atoms with Crippen LogP contribution in [0.2, 0.25) is 0 Å². The first-order valence-corrected chi connectivity index (χ1v) is 4.68. The van der Waals surface area contributed by atoms with Crippen LogP contribution in [0.15, 0.2) is 42.5 Å². The van der Waals surface area contributed by atoms with Crippen LogP contribution in [-0.2, 0) is 5.60 Å². The van der Waals surface area contributed by atoms with Crippen molar-refractivity contribution in [2.45, 2.75) is 12.0 Å². The molecule has 1 aliphatic carbocycles. The van der Waals surface area contributed by atoms with Crippen molar-refractivity contribution in [3.8, 4) is 5.75 Å². The summed E-state index contributed by atoms with van der Waals surface area (Å²) in [7, 11) is 0. The van der Waals surface area contributed by atoms with Gasteiger partial charge >= 0.3 is 0 Å². The fourth-order valence-electron chi connectivity index (χ4n) is 1.74. The van der Waals surface area contributed by atoms with Crippen molar-refractivity contribution in [3.05, 3.63) is 53.9 Å². The maximum Gasteiger partial charge on any atom is 0.133 e. The molecule has 0 aromatic heterocycles. The van der Waals surface area contributed by atoms with Gasteiger partial charge in [0.1, 0.15) is 17.2 Å². The van der Waals surface area contributed by atoms with Gasteiger partial charge in [-0.1, -0.05) is 24.3 Å². The molecule has 0 saturated heterocycles. The molecule has 15 heavy (non-hydrogen) atoms. The van der Waals surface area contributed by atoms with E-state index in [1.807, 2.05) is 0 Å². The molecule has 0 radical (unpaired) electrons. The summed E-state index contributed by atoms with van der Waals surface area (Å²) in [5.74, 6) is -0.824. The van der Waals surface area contributed by atoms with Crippen molar-refractivity contribution in [1.82, 2.24) is 0 Å². The van der Waals surface area contributed by atoms with Crippen LogP contribution in [0.25, 0.3) is 0 Å². The van der Waals surface area contributed by atoms with E-state index in [-0.39, 0.29) is 17.7 Å². The molecule has 0 aliphatic heterocycles. The van der Waals surface area contributed by atoms with Gasteiger partial charge in [-0.05, 0) is 18.2 Å². The third kappa shape index (κ3) is 1.66. The van der Waals surface area contributed by atoms with Crippen molar-refractivity contribution < 1.29 is 14.6 Å². The average Bonchev–Trinajstić information content (AvgIpc) is 2.18. The molecule has 2 rings (SSSR count). The quantitative estimate of drug-likeness (QED) is 0.739. The second-order valence-corrected chi connectivity index (χ2v) is 3.55. The lowest BCUT2D eigenvalue weighted by atomic mass is 9.86.